The Labute approximate surface area is 155 Å². The number of rotatable bonds is 6. The number of amides is 1. The van der Waals surface area contributed by atoms with Crippen molar-refractivity contribution in [3.63, 3.8) is 0 Å². The zero-order valence-corrected chi connectivity index (χ0v) is 15.2. The largest absolute Gasteiger partial charge is 0.447 e. The normalized spacial score (nSPS) is 15.7. The Bertz CT molecular complexity index is 915. The molecule has 1 fully saturated rings. The number of hydrogen-bond acceptors (Lipinski definition) is 5. The molecule has 0 bridgehead atoms. The molecular weight excluding hydrogens is 378 g/mol. The second-order valence-electron chi connectivity index (χ2n) is 6.05. The second kappa shape index (κ2) is 7.51. The van der Waals surface area contributed by atoms with Crippen molar-refractivity contribution < 1.29 is 26.7 Å². The van der Waals surface area contributed by atoms with Gasteiger partial charge in [0.15, 0.2) is 0 Å². The lowest BCUT2D eigenvalue weighted by Gasteiger charge is -2.18. The Balaban J connectivity index is 1.68. The van der Waals surface area contributed by atoms with E-state index in [0.717, 1.165) is 23.4 Å². The summed E-state index contributed by atoms with van der Waals surface area (Å²) in [6.45, 7) is 2.79. The number of alkyl halides is 2. The summed E-state index contributed by atoms with van der Waals surface area (Å²) in [5.41, 5.74) is 2.29. The van der Waals surface area contributed by atoms with Gasteiger partial charge in [-0.25, -0.2) is 13.2 Å². The lowest BCUT2D eigenvalue weighted by Crippen LogP contribution is -2.23. The average Bonchev–Trinajstić information content (AvgIpc) is 3.08. The molecule has 6 nitrogen and oxygen atoms in total. The maximum atomic E-state index is 12.6. The highest BCUT2D eigenvalue weighted by Gasteiger charge is 2.26. The van der Waals surface area contributed by atoms with E-state index in [1.807, 2.05) is 31.2 Å². The standard InChI is InChI=1S/C18H18F2N2O4S/c1-12(13-2-6-15(7-3-13)22-10-11-26-18(22)23)21-14-4-8-16(9-5-14)27(24,25)17(19)20/h2-9,12,17,21H,10-11H2,1H3/t12-/m0/s1. The number of ether oxygens (including phenoxy) is 1. The number of carbonyl (C=O) groups excluding carboxylic acids is 1. The van der Waals surface area contributed by atoms with Gasteiger partial charge in [-0.15, -0.1) is 0 Å². The molecule has 0 saturated carbocycles. The summed E-state index contributed by atoms with van der Waals surface area (Å²) in [5, 5.41) is 3.18. The number of benzene rings is 2. The van der Waals surface area contributed by atoms with Crippen molar-refractivity contribution >= 4 is 27.3 Å². The predicted octanol–water partition coefficient (Wildman–Crippen LogP) is 3.81. The third-order valence-electron chi connectivity index (χ3n) is 4.27. The number of anilines is 2. The highest BCUT2D eigenvalue weighted by atomic mass is 32.2. The predicted molar refractivity (Wildman–Crippen MR) is 96.8 cm³/mol. The van der Waals surface area contributed by atoms with Crippen LogP contribution in [0, 0.1) is 0 Å². The molecule has 0 radical (unpaired) electrons. The average molecular weight is 396 g/mol. The maximum absolute atomic E-state index is 12.6. The van der Waals surface area contributed by atoms with Crippen molar-refractivity contribution in [2.75, 3.05) is 23.4 Å². The van der Waals surface area contributed by atoms with Gasteiger partial charge >= 0.3 is 11.9 Å². The van der Waals surface area contributed by atoms with E-state index in [0.29, 0.717) is 18.8 Å². The van der Waals surface area contributed by atoms with E-state index in [1.165, 1.54) is 12.1 Å². The zero-order valence-electron chi connectivity index (χ0n) is 14.4. The first-order valence-electron chi connectivity index (χ1n) is 8.22. The topological polar surface area (TPSA) is 75.7 Å². The van der Waals surface area contributed by atoms with E-state index in [9.17, 15) is 22.0 Å². The minimum atomic E-state index is -4.60. The quantitative estimate of drug-likeness (QED) is 0.804. The van der Waals surface area contributed by atoms with Gasteiger partial charge in [-0.1, -0.05) is 12.1 Å². The summed E-state index contributed by atoms with van der Waals surface area (Å²) in [7, 11) is -4.60. The summed E-state index contributed by atoms with van der Waals surface area (Å²) in [6.07, 6.45) is -0.368. The number of hydrogen-bond donors (Lipinski definition) is 1. The fraction of sp³-hybridized carbons (Fsp3) is 0.278. The van der Waals surface area contributed by atoms with Crippen LogP contribution in [0.25, 0.3) is 0 Å². The first-order valence-corrected chi connectivity index (χ1v) is 9.76. The van der Waals surface area contributed by atoms with Gasteiger partial charge in [0.1, 0.15) is 6.61 Å². The maximum Gasteiger partial charge on any atom is 0.414 e. The Morgan fingerprint density at radius 3 is 2.22 bits per heavy atom. The van der Waals surface area contributed by atoms with E-state index in [-0.39, 0.29) is 12.1 Å². The molecule has 3 rings (SSSR count). The highest BCUT2D eigenvalue weighted by molar-refractivity contribution is 7.91. The fourth-order valence-electron chi connectivity index (χ4n) is 2.75. The molecule has 1 amide bonds. The lowest BCUT2D eigenvalue weighted by atomic mass is 10.1. The molecule has 1 saturated heterocycles. The van der Waals surface area contributed by atoms with Gasteiger partial charge in [0.25, 0.3) is 0 Å². The van der Waals surface area contributed by atoms with Gasteiger partial charge < -0.3 is 10.1 Å². The number of nitrogens with zero attached hydrogens (tertiary/aromatic N) is 1. The minimum Gasteiger partial charge on any atom is -0.447 e. The second-order valence-corrected chi connectivity index (χ2v) is 7.97. The first kappa shape index (κ1) is 19.1. The Hall–Kier alpha value is -2.68. The summed E-state index contributed by atoms with van der Waals surface area (Å²) < 4.78 is 52.9. The number of nitrogens with one attached hydrogen (secondary N) is 1. The molecule has 0 unspecified atom stereocenters. The number of sulfone groups is 1. The van der Waals surface area contributed by atoms with E-state index in [2.05, 4.69) is 5.32 Å². The molecule has 0 aromatic heterocycles. The third kappa shape index (κ3) is 4.02. The molecule has 9 heteroatoms. The molecular formula is C18H18F2N2O4S. The zero-order chi connectivity index (χ0) is 19.6. The van der Waals surface area contributed by atoms with Gasteiger partial charge in [-0.05, 0) is 48.9 Å². The van der Waals surface area contributed by atoms with Crippen LogP contribution in [0.5, 0.6) is 0 Å². The molecule has 0 aliphatic carbocycles. The summed E-state index contributed by atoms with van der Waals surface area (Å²) >= 11 is 0. The molecule has 0 spiro atoms. The Morgan fingerprint density at radius 1 is 1.07 bits per heavy atom. The van der Waals surface area contributed by atoms with Gasteiger partial charge in [0.05, 0.1) is 11.4 Å². The van der Waals surface area contributed by atoms with Crippen LogP contribution < -0.4 is 10.2 Å². The molecule has 1 N–H and O–H groups in total. The molecule has 27 heavy (non-hydrogen) atoms. The SMILES string of the molecule is C[C@H](Nc1ccc(S(=O)(=O)C(F)F)cc1)c1ccc(N2CCOC2=O)cc1. The van der Waals surface area contributed by atoms with Gasteiger partial charge in [0.2, 0.25) is 9.84 Å². The van der Waals surface area contributed by atoms with Crippen molar-refractivity contribution in [3.05, 3.63) is 54.1 Å². The van der Waals surface area contributed by atoms with E-state index in [1.54, 1.807) is 4.90 Å². The number of cyclic esters (lactones) is 1. The van der Waals surface area contributed by atoms with Crippen LogP contribution in [-0.2, 0) is 14.6 Å². The van der Waals surface area contributed by atoms with Crippen LogP contribution in [-0.4, -0.2) is 33.4 Å². The van der Waals surface area contributed by atoms with E-state index >= 15 is 0 Å². The van der Waals surface area contributed by atoms with Crippen molar-refractivity contribution in [1.29, 1.82) is 0 Å². The fourth-order valence-corrected chi connectivity index (χ4v) is 3.47. The molecule has 1 heterocycles. The van der Waals surface area contributed by atoms with Crippen LogP contribution in [0.4, 0.5) is 25.0 Å². The summed E-state index contributed by atoms with van der Waals surface area (Å²) in [5.74, 6) is -3.44. The third-order valence-corrected chi connectivity index (χ3v) is 5.66. The van der Waals surface area contributed by atoms with Crippen molar-refractivity contribution in [3.8, 4) is 0 Å². The van der Waals surface area contributed by atoms with Crippen LogP contribution >= 0.6 is 0 Å². The van der Waals surface area contributed by atoms with Crippen LogP contribution in [0.15, 0.2) is 53.4 Å². The molecule has 1 aliphatic heterocycles. The monoisotopic (exact) mass is 396 g/mol. The Kier molecular flexibility index (Phi) is 5.31. The smallest absolute Gasteiger partial charge is 0.414 e. The Morgan fingerprint density at radius 2 is 1.70 bits per heavy atom. The van der Waals surface area contributed by atoms with Gasteiger partial charge in [-0.2, -0.15) is 8.78 Å². The summed E-state index contributed by atoms with van der Waals surface area (Å²) in [4.78, 5) is 12.7. The van der Waals surface area contributed by atoms with Crippen LogP contribution in [0.1, 0.15) is 18.5 Å². The minimum absolute atomic E-state index is 0.123. The van der Waals surface area contributed by atoms with Crippen molar-refractivity contribution in [1.82, 2.24) is 0 Å². The number of carbonyl (C=O) groups is 1. The van der Waals surface area contributed by atoms with Crippen molar-refractivity contribution in [2.24, 2.45) is 0 Å². The molecule has 2 aromatic rings. The van der Waals surface area contributed by atoms with Gasteiger partial charge in [-0.3, -0.25) is 4.90 Å². The van der Waals surface area contributed by atoms with Crippen LogP contribution in [0.2, 0.25) is 0 Å². The highest BCUT2D eigenvalue weighted by Crippen LogP contribution is 2.25. The molecule has 1 aliphatic rings. The molecule has 144 valence electrons. The molecule has 1 atom stereocenters. The first-order chi connectivity index (χ1) is 12.8. The lowest BCUT2D eigenvalue weighted by molar-refractivity contribution is 0.181. The van der Waals surface area contributed by atoms with Crippen LogP contribution in [0.3, 0.4) is 0 Å². The van der Waals surface area contributed by atoms with Crippen molar-refractivity contribution in [2.45, 2.75) is 23.6 Å². The van der Waals surface area contributed by atoms with Gasteiger partial charge in [0, 0.05) is 17.4 Å². The molecule has 2 aromatic carbocycles. The number of halogens is 2. The summed E-state index contributed by atoms with van der Waals surface area (Å²) in [6, 6.07) is 12.4. The van der Waals surface area contributed by atoms with E-state index in [4.69, 9.17) is 4.74 Å². The van der Waals surface area contributed by atoms with E-state index < -0.39 is 20.5 Å².